The minimum Gasteiger partial charge on any atom is -0.476 e. The number of aromatic carboxylic acids is 1. The van der Waals surface area contributed by atoms with E-state index in [-0.39, 0.29) is 11.5 Å². The van der Waals surface area contributed by atoms with E-state index in [1.165, 1.54) is 12.1 Å². The summed E-state index contributed by atoms with van der Waals surface area (Å²) in [5.41, 5.74) is 1.62. The van der Waals surface area contributed by atoms with Gasteiger partial charge < -0.3 is 9.63 Å². The molecule has 2 aromatic rings. The second-order valence-electron chi connectivity index (χ2n) is 3.80. The highest BCUT2D eigenvalue weighted by Crippen LogP contribution is 2.26. The Kier molecular flexibility index (Phi) is 2.67. The number of carbonyl (C=O) groups is 1. The smallest absolute Gasteiger partial charge is 0.358 e. The van der Waals surface area contributed by atoms with Gasteiger partial charge in [0.2, 0.25) is 0 Å². The number of hydrogen-bond donors (Lipinski definition) is 1. The lowest BCUT2D eigenvalue weighted by Crippen LogP contribution is -1.94. The van der Waals surface area contributed by atoms with Crippen molar-refractivity contribution in [2.24, 2.45) is 0 Å². The molecule has 17 heavy (non-hydrogen) atoms. The molecule has 0 amide bonds. The molecule has 2 rings (SSSR count). The van der Waals surface area contributed by atoms with Crippen LogP contribution in [-0.4, -0.2) is 16.2 Å². The summed E-state index contributed by atoms with van der Waals surface area (Å²) in [6.45, 7) is 3.35. The average Bonchev–Trinajstić information content (AvgIpc) is 2.72. The second-order valence-corrected chi connectivity index (χ2v) is 3.80. The monoisotopic (exact) mass is 235 g/mol. The number of rotatable bonds is 2. The molecule has 1 heterocycles. The first-order valence-electron chi connectivity index (χ1n) is 4.96. The maximum atomic E-state index is 13.3. The van der Waals surface area contributed by atoms with Crippen molar-refractivity contribution in [1.29, 1.82) is 0 Å². The summed E-state index contributed by atoms with van der Waals surface area (Å²) in [5.74, 6) is -1.14. The summed E-state index contributed by atoms with van der Waals surface area (Å²) in [5, 5.41) is 12.1. The number of nitrogens with zero attached hydrogens (tertiary/aromatic N) is 1. The SMILES string of the molecule is Cc1cc(-c2cc(C(=O)O)no2)c(C)cc1F. The first-order chi connectivity index (χ1) is 7.99. The lowest BCUT2D eigenvalue weighted by atomic mass is 10.0. The Hall–Kier alpha value is -2.17. The van der Waals surface area contributed by atoms with E-state index in [2.05, 4.69) is 5.16 Å². The third-order valence-electron chi connectivity index (χ3n) is 2.50. The van der Waals surface area contributed by atoms with Crippen LogP contribution in [0.1, 0.15) is 21.6 Å². The topological polar surface area (TPSA) is 63.3 Å². The first-order valence-corrected chi connectivity index (χ1v) is 4.96. The van der Waals surface area contributed by atoms with Crippen molar-refractivity contribution in [3.05, 3.63) is 40.8 Å². The van der Waals surface area contributed by atoms with E-state index in [0.29, 0.717) is 22.5 Å². The van der Waals surface area contributed by atoms with E-state index in [1.807, 2.05) is 0 Å². The van der Waals surface area contributed by atoms with Gasteiger partial charge in [0.15, 0.2) is 11.5 Å². The molecular weight excluding hydrogens is 225 g/mol. The fourth-order valence-corrected chi connectivity index (χ4v) is 1.55. The zero-order valence-corrected chi connectivity index (χ0v) is 9.32. The van der Waals surface area contributed by atoms with Crippen molar-refractivity contribution in [2.75, 3.05) is 0 Å². The maximum Gasteiger partial charge on any atom is 0.358 e. The zero-order valence-electron chi connectivity index (χ0n) is 9.32. The predicted molar refractivity (Wildman–Crippen MR) is 58.3 cm³/mol. The molecule has 1 N–H and O–H groups in total. The minimum atomic E-state index is -1.16. The minimum absolute atomic E-state index is 0.165. The third kappa shape index (κ3) is 2.04. The van der Waals surface area contributed by atoms with Crippen molar-refractivity contribution in [1.82, 2.24) is 5.16 Å². The number of aryl methyl sites for hydroxylation is 2. The molecule has 5 heteroatoms. The molecule has 88 valence electrons. The third-order valence-corrected chi connectivity index (χ3v) is 2.50. The van der Waals surface area contributed by atoms with Crippen LogP contribution in [0.3, 0.4) is 0 Å². The number of aromatic nitrogens is 1. The Bertz CT molecular complexity index is 589. The van der Waals surface area contributed by atoms with Crippen molar-refractivity contribution < 1.29 is 18.8 Å². The van der Waals surface area contributed by atoms with E-state index in [4.69, 9.17) is 9.63 Å². The molecule has 0 spiro atoms. The lowest BCUT2D eigenvalue weighted by Gasteiger charge is -2.04. The fourth-order valence-electron chi connectivity index (χ4n) is 1.55. The zero-order chi connectivity index (χ0) is 12.6. The quantitative estimate of drug-likeness (QED) is 0.869. The molecule has 0 fully saturated rings. The van der Waals surface area contributed by atoms with Gasteiger partial charge >= 0.3 is 5.97 Å². The van der Waals surface area contributed by atoms with Crippen molar-refractivity contribution >= 4 is 5.97 Å². The van der Waals surface area contributed by atoms with Gasteiger partial charge in [0, 0.05) is 11.6 Å². The van der Waals surface area contributed by atoms with Crippen LogP contribution in [0.2, 0.25) is 0 Å². The molecule has 0 unspecified atom stereocenters. The van der Waals surface area contributed by atoms with Crippen LogP contribution in [0.4, 0.5) is 4.39 Å². The van der Waals surface area contributed by atoms with Crippen LogP contribution in [-0.2, 0) is 0 Å². The number of carboxylic acid groups (broad SMARTS) is 1. The molecule has 0 aliphatic heterocycles. The van der Waals surface area contributed by atoms with Crippen LogP contribution in [0.25, 0.3) is 11.3 Å². The van der Waals surface area contributed by atoms with Crippen molar-refractivity contribution in [2.45, 2.75) is 13.8 Å². The normalized spacial score (nSPS) is 10.5. The summed E-state index contributed by atoms with van der Waals surface area (Å²) in [4.78, 5) is 10.7. The van der Waals surface area contributed by atoms with E-state index in [1.54, 1.807) is 19.9 Å². The lowest BCUT2D eigenvalue weighted by molar-refractivity contribution is 0.0686. The highest BCUT2D eigenvalue weighted by Gasteiger charge is 2.14. The highest BCUT2D eigenvalue weighted by atomic mass is 19.1. The molecule has 4 nitrogen and oxygen atoms in total. The highest BCUT2D eigenvalue weighted by molar-refractivity contribution is 5.86. The Morgan fingerprint density at radius 1 is 1.29 bits per heavy atom. The van der Waals surface area contributed by atoms with Gasteiger partial charge in [-0.1, -0.05) is 5.16 Å². The van der Waals surface area contributed by atoms with Crippen molar-refractivity contribution in [3.63, 3.8) is 0 Å². The van der Waals surface area contributed by atoms with E-state index in [9.17, 15) is 9.18 Å². The molecule has 1 aromatic carbocycles. The number of benzene rings is 1. The van der Waals surface area contributed by atoms with E-state index < -0.39 is 5.97 Å². The average molecular weight is 235 g/mol. The molecule has 0 bridgehead atoms. The summed E-state index contributed by atoms with van der Waals surface area (Å²) in [6, 6.07) is 4.31. The van der Waals surface area contributed by atoms with Gasteiger partial charge in [-0.15, -0.1) is 0 Å². The molecule has 0 radical (unpaired) electrons. The Morgan fingerprint density at radius 3 is 2.59 bits per heavy atom. The van der Waals surface area contributed by atoms with Crippen LogP contribution in [0.15, 0.2) is 22.7 Å². The fraction of sp³-hybridized carbons (Fsp3) is 0.167. The van der Waals surface area contributed by atoms with Gasteiger partial charge in [-0.3, -0.25) is 0 Å². The van der Waals surface area contributed by atoms with Gasteiger partial charge in [0.25, 0.3) is 0 Å². The van der Waals surface area contributed by atoms with E-state index >= 15 is 0 Å². The molecule has 0 aliphatic rings. The second kappa shape index (κ2) is 4.01. The summed E-state index contributed by atoms with van der Waals surface area (Å²) < 4.78 is 18.2. The molecule has 1 aromatic heterocycles. The van der Waals surface area contributed by atoms with Gasteiger partial charge in [-0.05, 0) is 37.1 Å². The summed E-state index contributed by atoms with van der Waals surface area (Å²) >= 11 is 0. The number of carboxylic acids is 1. The molecule has 0 saturated heterocycles. The Balaban J connectivity index is 2.52. The maximum absolute atomic E-state index is 13.3. The van der Waals surface area contributed by atoms with Crippen molar-refractivity contribution in [3.8, 4) is 11.3 Å². The Labute approximate surface area is 96.7 Å². The van der Waals surface area contributed by atoms with Crippen LogP contribution >= 0.6 is 0 Å². The molecular formula is C12H10FNO3. The van der Waals surface area contributed by atoms with Crippen LogP contribution < -0.4 is 0 Å². The number of halogens is 1. The Morgan fingerprint density at radius 2 is 2.00 bits per heavy atom. The number of hydrogen-bond acceptors (Lipinski definition) is 3. The largest absolute Gasteiger partial charge is 0.476 e. The standard InChI is InChI=1S/C12H10FNO3/c1-6-4-9(13)7(2)3-8(6)11-5-10(12(15)16)14-17-11/h3-5H,1-2H3,(H,15,16). The van der Waals surface area contributed by atoms with Crippen LogP contribution in [0, 0.1) is 19.7 Å². The summed E-state index contributed by atoms with van der Waals surface area (Å²) in [7, 11) is 0. The summed E-state index contributed by atoms with van der Waals surface area (Å²) in [6.07, 6.45) is 0. The van der Waals surface area contributed by atoms with Gasteiger partial charge in [-0.2, -0.15) is 0 Å². The van der Waals surface area contributed by atoms with Gasteiger partial charge in [-0.25, -0.2) is 9.18 Å². The molecule has 0 aliphatic carbocycles. The van der Waals surface area contributed by atoms with Crippen LogP contribution in [0.5, 0.6) is 0 Å². The first kappa shape index (κ1) is 11.3. The predicted octanol–water partition coefficient (Wildman–Crippen LogP) is 2.80. The van der Waals surface area contributed by atoms with Gasteiger partial charge in [0.05, 0.1) is 0 Å². The molecule has 0 atom stereocenters. The van der Waals surface area contributed by atoms with Gasteiger partial charge in [0.1, 0.15) is 5.82 Å². The van der Waals surface area contributed by atoms with E-state index in [0.717, 1.165) is 0 Å². The molecule has 0 saturated carbocycles.